The Balaban J connectivity index is 0.000000357. The van der Waals surface area contributed by atoms with Gasteiger partial charge in [-0.3, -0.25) is 0 Å². The van der Waals surface area contributed by atoms with E-state index in [2.05, 4.69) is 23.1 Å². The summed E-state index contributed by atoms with van der Waals surface area (Å²) in [6.45, 7) is 10.4. The molecular weight excluding hydrogens is 420 g/mol. The molecule has 0 radical (unpaired) electrons. The molecule has 3 rings (SSSR count). The molecule has 2 aliphatic rings. The number of aliphatic carboxylic acids is 1. The molecule has 2 fully saturated rings. The number of benzene rings is 1. The third kappa shape index (κ3) is 10.9. The van der Waals surface area contributed by atoms with Crippen molar-refractivity contribution >= 4 is 18.1 Å². The normalized spacial score (nSPS) is 17.3. The van der Waals surface area contributed by atoms with Gasteiger partial charge in [0.1, 0.15) is 12.2 Å². The van der Waals surface area contributed by atoms with E-state index in [-0.39, 0.29) is 18.7 Å². The van der Waals surface area contributed by atoms with Crippen molar-refractivity contribution < 1.29 is 24.2 Å². The Morgan fingerprint density at radius 1 is 1.09 bits per heavy atom. The van der Waals surface area contributed by atoms with Crippen molar-refractivity contribution in [2.45, 2.75) is 71.1 Å². The summed E-state index contributed by atoms with van der Waals surface area (Å²) in [6.07, 6.45) is 7.93. The summed E-state index contributed by atoms with van der Waals surface area (Å²) < 4.78 is 10.7. The molecule has 1 heterocycles. The average molecular weight is 461 g/mol. The molecule has 33 heavy (non-hydrogen) atoms. The van der Waals surface area contributed by atoms with Crippen molar-refractivity contribution in [2.24, 2.45) is 0 Å². The minimum absolute atomic E-state index is 0.187. The Labute approximate surface area is 198 Å². The zero-order valence-electron chi connectivity index (χ0n) is 20.5. The molecule has 1 aliphatic carbocycles. The number of carboxylic acid groups (broad SMARTS) is 1. The minimum Gasteiger partial charge on any atom is -0.480 e. The fourth-order valence-corrected chi connectivity index (χ4v) is 3.79. The highest BCUT2D eigenvalue weighted by Crippen LogP contribution is 2.33. The van der Waals surface area contributed by atoms with E-state index in [1.165, 1.54) is 5.56 Å². The van der Waals surface area contributed by atoms with Gasteiger partial charge in [0.05, 0.1) is 6.61 Å². The van der Waals surface area contributed by atoms with Crippen molar-refractivity contribution in [3.05, 3.63) is 42.0 Å². The van der Waals surface area contributed by atoms with E-state index in [0.29, 0.717) is 12.6 Å². The Hall–Kier alpha value is -2.38. The van der Waals surface area contributed by atoms with Gasteiger partial charge in [0.15, 0.2) is 0 Å². The maximum Gasteiger partial charge on any atom is 0.410 e. The zero-order valence-corrected chi connectivity index (χ0v) is 20.5. The predicted molar refractivity (Wildman–Crippen MR) is 130 cm³/mol. The highest BCUT2D eigenvalue weighted by molar-refractivity contribution is 5.69. The third-order valence-corrected chi connectivity index (χ3v) is 5.43. The van der Waals surface area contributed by atoms with Crippen LogP contribution in [0.15, 0.2) is 36.4 Å². The number of likely N-dealkylation sites (tertiary alicyclic amines) is 1. The van der Waals surface area contributed by atoms with Crippen LogP contribution in [-0.2, 0) is 14.3 Å². The maximum atomic E-state index is 12.5. The van der Waals surface area contributed by atoms with Crippen LogP contribution >= 0.6 is 0 Å². The first-order valence-corrected chi connectivity index (χ1v) is 11.9. The number of hydrogen-bond donors (Lipinski definition) is 1. The quantitative estimate of drug-likeness (QED) is 0.568. The Morgan fingerprint density at radius 3 is 2.21 bits per heavy atom. The second kappa shape index (κ2) is 13.4. The number of hydrogen-bond acceptors (Lipinski definition) is 5. The number of allylic oxidation sites excluding steroid dienone is 1. The number of carbonyl (C=O) groups excluding carboxylic acids is 1. The molecule has 7 nitrogen and oxygen atoms in total. The number of piperidine rings is 1. The number of amides is 1. The monoisotopic (exact) mass is 460 g/mol. The molecular formula is C26H40N2O5. The summed E-state index contributed by atoms with van der Waals surface area (Å²) in [6, 6.07) is 10.8. The maximum absolute atomic E-state index is 12.5. The van der Waals surface area contributed by atoms with Crippen LogP contribution in [0, 0.1) is 0 Å². The number of rotatable bonds is 8. The summed E-state index contributed by atoms with van der Waals surface area (Å²) in [4.78, 5) is 27.1. The van der Waals surface area contributed by atoms with Crippen LogP contribution in [-0.4, -0.2) is 77.5 Å². The van der Waals surface area contributed by atoms with Crippen LogP contribution in [0.5, 0.6) is 0 Å². The first-order chi connectivity index (χ1) is 15.7. The molecule has 1 aromatic carbocycles. The SMILES string of the molecule is C/C=C\c1ccccc1.CC(C)(C)OC(=O)N(C1CC1)C1CCN(CCOCC(=O)O)CC1. The second-order valence-corrected chi connectivity index (χ2v) is 9.55. The van der Waals surface area contributed by atoms with Gasteiger partial charge in [0.2, 0.25) is 0 Å². The molecule has 1 N–H and O–H groups in total. The van der Waals surface area contributed by atoms with Gasteiger partial charge in [0.25, 0.3) is 0 Å². The highest BCUT2D eigenvalue weighted by atomic mass is 16.6. The number of nitrogens with zero attached hydrogens (tertiary/aromatic N) is 2. The van der Waals surface area contributed by atoms with E-state index in [1.54, 1.807) is 0 Å². The van der Waals surface area contributed by atoms with Crippen molar-refractivity contribution in [2.75, 3.05) is 32.8 Å². The van der Waals surface area contributed by atoms with E-state index in [0.717, 1.165) is 45.3 Å². The fourth-order valence-electron chi connectivity index (χ4n) is 3.79. The Kier molecular flexibility index (Phi) is 10.9. The molecule has 0 unspecified atom stereocenters. The van der Waals surface area contributed by atoms with Gasteiger partial charge >= 0.3 is 12.1 Å². The van der Waals surface area contributed by atoms with Gasteiger partial charge in [-0.2, -0.15) is 0 Å². The summed E-state index contributed by atoms with van der Waals surface area (Å²) >= 11 is 0. The molecule has 7 heteroatoms. The van der Waals surface area contributed by atoms with Gasteiger partial charge in [-0.05, 0) is 58.9 Å². The van der Waals surface area contributed by atoms with Crippen LogP contribution in [0.25, 0.3) is 6.08 Å². The van der Waals surface area contributed by atoms with E-state index in [9.17, 15) is 9.59 Å². The second-order valence-electron chi connectivity index (χ2n) is 9.55. The van der Waals surface area contributed by atoms with Crippen LogP contribution in [0.2, 0.25) is 0 Å². The van der Waals surface area contributed by atoms with Gasteiger partial charge in [-0.15, -0.1) is 0 Å². The van der Waals surface area contributed by atoms with E-state index >= 15 is 0 Å². The van der Waals surface area contributed by atoms with Crippen molar-refractivity contribution in [3.63, 3.8) is 0 Å². The number of carbonyl (C=O) groups is 2. The minimum atomic E-state index is -0.939. The molecule has 1 saturated carbocycles. The van der Waals surface area contributed by atoms with E-state index < -0.39 is 11.6 Å². The summed E-state index contributed by atoms with van der Waals surface area (Å²) in [5.74, 6) is -0.939. The first kappa shape index (κ1) is 26.9. The Morgan fingerprint density at radius 2 is 1.70 bits per heavy atom. The van der Waals surface area contributed by atoms with E-state index in [1.807, 2.05) is 56.9 Å². The molecule has 0 aromatic heterocycles. The first-order valence-electron chi connectivity index (χ1n) is 11.9. The molecule has 1 amide bonds. The molecule has 1 aliphatic heterocycles. The van der Waals surface area contributed by atoms with Crippen LogP contribution < -0.4 is 0 Å². The lowest BCUT2D eigenvalue weighted by molar-refractivity contribution is -0.142. The summed E-state index contributed by atoms with van der Waals surface area (Å²) in [5, 5.41) is 8.55. The fraction of sp³-hybridized carbons (Fsp3) is 0.615. The van der Waals surface area contributed by atoms with Crippen molar-refractivity contribution in [3.8, 4) is 0 Å². The van der Waals surface area contributed by atoms with Crippen LogP contribution in [0.1, 0.15) is 58.9 Å². The lowest BCUT2D eigenvalue weighted by atomic mass is 10.0. The Bertz CT molecular complexity index is 748. The van der Waals surface area contributed by atoms with Crippen molar-refractivity contribution in [1.82, 2.24) is 9.80 Å². The number of ether oxygens (including phenoxy) is 2. The van der Waals surface area contributed by atoms with Crippen LogP contribution in [0.3, 0.4) is 0 Å². The molecule has 1 saturated heterocycles. The summed E-state index contributed by atoms with van der Waals surface area (Å²) in [5.41, 5.74) is 0.798. The molecule has 0 spiro atoms. The predicted octanol–water partition coefficient (Wildman–Crippen LogP) is 4.67. The number of carboxylic acids is 1. The largest absolute Gasteiger partial charge is 0.480 e. The third-order valence-electron chi connectivity index (χ3n) is 5.43. The van der Waals surface area contributed by atoms with Gasteiger partial charge in [-0.25, -0.2) is 9.59 Å². The summed E-state index contributed by atoms with van der Waals surface area (Å²) in [7, 11) is 0. The van der Waals surface area contributed by atoms with Crippen LogP contribution in [0.4, 0.5) is 4.79 Å². The molecule has 0 atom stereocenters. The van der Waals surface area contributed by atoms with Gasteiger partial charge < -0.3 is 24.4 Å². The van der Waals surface area contributed by atoms with Gasteiger partial charge in [-0.1, -0.05) is 42.5 Å². The molecule has 1 aromatic rings. The standard InChI is InChI=1S/C17H30N2O5.C9H10/c1-17(2,3)24-16(22)19(13-4-5-13)14-6-8-18(9-7-14)10-11-23-12-15(20)21;1-2-6-9-7-4-3-5-8-9/h13-14H,4-12H2,1-3H3,(H,20,21);2-8H,1H3/b;6-2-. The lowest BCUT2D eigenvalue weighted by Crippen LogP contribution is -2.50. The average Bonchev–Trinajstić information content (AvgIpc) is 3.57. The van der Waals surface area contributed by atoms with E-state index in [4.69, 9.17) is 14.6 Å². The van der Waals surface area contributed by atoms with Gasteiger partial charge in [0, 0.05) is 31.7 Å². The highest BCUT2D eigenvalue weighted by Gasteiger charge is 2.40. The zero-order chi connectivity index (χ0) is 24.3. The molecule has 184 valence electrons. The topological polar surface area (TPSA) is 79.3 Å². The lowest BCUT2D eigenvalue weighted by Gasteiger charge is -2.39. The smallest absolute Gasteiger partial charge is 0.410 e. The molecule has 0 bridgehead atoms. The van der Waals surface area contributed by atoms with Crippen molar-refractivity contribution in [1.29, 1.82) is 0 Å².